The van der Waals surface area contributed by atoms with E-state index in [1.807, 2.05) is 20.8 Å². The third kappa shape index (κ3) is 3.49. The second-order valence-corrected chi connectivity index (χ2v) is 3.95. The number of benzene rings is 1. The molecule has 0 heterocycles. The van der Waals surface area contributed by atoms with Crippen molar-refractivity contribution in [3.8, 4) is 0 Å². The van der Waals surface area contributed by atoms with Gasteiger partial charge in [-0.1, -0.05) is 19.9 Å². The topological polar surface area (TPSA) is 38.0 Å². The monoisotopic (exact) mass is 224 g/mol. The Labute approximate surface area is 97.0 Å². The van der Waals surface area contributed by atoms with Gasteiger partial charge >= 0.3 is 0 Å². The highest BCUT2D eigenvalue weighted by molar-refractivity contribution is 5.49. The van der Waals surface area contributed by atoms with Crippen LogP contribution >= 0.6 is 0 Å². The Morgan fingerprint density at radius 2 is 2.00 bits per heavy atom. The second kappa shape index (κ2) is 5.85. The molecule has 0 aliphatic heterocycles. The van der Waals surface area contributed by atoms with E-state index in [4.69, 9.17) is 5.73 Å². The number of rotatable bonds is 3. The van der Waals surface area contributed by atoms with Gasteiger partial charge < -0.3 is 11.1 Å². The van der Waals surface area contributed by atoms with Crippen LogP contribution in [0.2, 0.25) is 0 Å². The lowest BCUT2D eigenvalue weighted by Gasteiger charge is -2.10. The highest BCUT2D eigenvalue weighted by atomic mass is 19.1. The van der Waals surface area contributed by atoms with E-state index in [1.165, 1.54) is 6.07 Å². The van der Waals surface area contributed by atoms with Crippen molar-refractivity contribution in [2.75, 3.05) is 5.32 Å². The fourth-order valence-corrected chi connectivity index (χ4v) is 1.38. The molecule has 3 N–H and O–H groups in total. The molecule has 0 spiro atoms. The van der Waals surface area contributed by atoms with Crippen molar-refractivity contribution >= 4 is 5.69 Å². The molecule has 0 bridgehead atoms. The number of halogens is 1. The Hall–Kier alpha value is -1.09. The van der Waals surface area contributed by atoms with Gasteiger partial charge in [0.15, 0.2) is 0 Å². The molecule has 1 atom stereocenters. The molecule has 3 heteroatoms. The zero-order valence-electron chi connectivity index (χ0n) is 10.3. The summed E-state index contributed by atoms with van der Waals surface area (Å²) in [6, 6.07) is 5.43. The molecule has 1 saturated carbocycles. The van der Waals surface area contributed by atoms with Gasteiger partial charge in [-0.2, -0.15) is 0 Å². The third-order valence-electron chi connectivity index (χ3n) is 2.45. The number of nitrogens with two attached hydrogens (primary N) is 1. The molecule has 2 nitrogen and oxygen atoms in total. The van der Waals surface area contributed by atoms with Crippen LogP contribution < -0.4 is 11.1 Å². The number of anilines is 1. The van der Waals surface area contributed by atoms with Gasteiger partial charge in [0.2, 0.25) is 0 Å². The van der Waals surface area contributed by atoms with Crippen molar-refractivity contribution in [3.63, 3.8) is 0 Å². The lowest BCUT2D eigenvalue weighted by atomic mass is 10.1. The molecule has 0 aromatic heterocycles. The first-order chi connectivity index (χ1) is 7.66. The van der Waals surface area contributed by atoms with Crippen LogP contribution in [0.3, 0.4) is 0 Å². The zero-order valence-corrected chi connectivity index (χ0v) is 10.3. The summed E-state index contributed by atoms with van der Waals surface area (Å²) >= 11 is 0. The fourth-order valence-electron chi connectivity index (χ4n) is 1.38. The Morgan fingerprint density at radius 3 is 2.50 bits per heavy atom. The molecule has 0 amide bonds. The summed E-state index contributed by atoms with van der Waals surface area (Å²) in [6.45, 7) is 5.90. The third-order valence-corrected chi connectivity index (χ3v) is 2.45. The average molecular weight is 224 g/mol. The van der Waals surface area contributed by atoms with E-state index in [-0.39, 0.29) is 11.9 Å². The van der Waals surface area contributed by atoms with Crippen molar-refractivity contribution in [2.24, 2.45) is 5.73 Å². The molecule has 1 aromatic rings. The molecule has 0 saturated heterocycles. The van der Waals surface area contributed by atoms with Crippen LogP contribution in [0.15, 0.2) is 18.2 Å². The average Bonchev–Trinajstić information content (AvgIpc) is 3.08. The quantitative estimate of drug-likeness (QED) is 0.825. The maximum Gasteiger partial charge on any atom is 0.146 e. The van der Waals surface area contributed by atoms with Crippen LogP contribution in [0, 0.1) is 5.82 Å². The minimum absolute atomic E-state index is 0.0460. The first-order valence-corrected chi connectivity index (χ1v) is 5.98. The first-order valence-electron chi connectivity index (χ1n) is 5.98. The van der Waals surface area contributed by atoms with Crippen molar-refractivity contribution in [2.45, 2.75) is 45.7 Å². The summed E-state index contributed by atoms with van der Waals surface area (Å²) in [5.74, 6) is -0.193. The second-order valence-electron chi connectivity index (χ2n) is 3.95. The molecular weight excluding hydrogens is 203 g/mol. The molecule has 1 aliphatic rings. The van der Waals surface area contributed by atoms with Crippen LogP contribution in [-0.2, 0) is 0 Å². The van der Waals surface area contributed by atoms with Gasteiger partial charge in [-0.15, -0.1) is 0 Å². The summed E-state index contributed by atoms with van der Waals surface area (Å²) in [6.07, 6.45) is 2.28. The SMILES string of the molecule is CC.CC(N)c1ccc(F)c(NC2CC2)c1. The van der Waals surface area contributed by atoms with Crippen molar-refractivity contribution in [3.05, 3.63) is 29.6 Å². The van der Waals surface area contributed by atoms with Gasteiger partial charge in [0.05, 0.1) is 5.69 Å². The molecule has 2 rings (SSSR count). The number of nitrogens with one attached hydrogen (secondary N) is 1. The van der Waals surface area contributed by atoms with Crippen LogP contribution in [0.1, 0.15) is 45.2 Å². The minimum Gasteiger partial charge on any atom is -0.380 e. The minimum atomic E-state index is -0.193. The van der Waals surface area contributed by atoms with Crippen molar-refractivity contribution in [1.82, 2.24) is 0 Å². The Morgan fingerprint density at radius 1 is 1.38 bits per heavy atom. The Kier molecular flexibility index (Phi) is 4.74. The van der Waals surface area contributed by atoms with Gasteiger partial charge in [0.25, 0.3) is 0 Å². The van der Waals surface area contributed by atoms with Crippen LogP contribution in [0.5, 0.6) is 0 Å². The van der Waals surface area contributed by atoms with Gasteiger partial charge in [0.1, 0.15) is 5.82 Å². The van der Waals surface area contributed by atoms with Crippen LogP contribution in [0.4, 0.5) is 10.1 Å². The molecule has 90 valence electrons. The predicted molar refractivity (Wildman–Crippen MR) is 67.0 cm³/mol. The normalized spacial score (nSPS) is 16.1. The van der Waals surface area contributed by atoms with E-state index in [9.17, 15) is 4.39 Å². The van der Waals surface area contributed by atoms with Crippen LogP contribution in [-0.4, -0.2) is 6.04 Å². The van der Waals surface area contributed by atoms with Gasteiger partial charge in [-0.25, -0.2) is 4.39 Å². The maximum atomic E-state index is 13.3. The largest absolute Gasteiger partial charge is 0.380 e. The molecule has 0 radical (unpaired) electrons. The van der Waals surface area contributed by atoms with E-state index in [0.717, 1.165) is 18.4 Å². The van der Waals surface area contributed by atoms with Gasteiger partial charge in [-0.3, -0.25) is 0 Å². The summed E-state index contributed by atoms with van der Waals surface area (Å²) in [5, 5.41) is 3.15. The summed E-state index contributed by atoms with van der Waals surface area (Å²) in [4.78, 5) is 0. The predicted octanol–water partition coefficient (Wildman–Crippen LogP) is 3.45. The van der Waals surface area contributed by atoms with Crippen LogP contribution in [0.25, 0.3) is 0 Å². The highest BCUT2D eigenvalue weighted by Crippen LogP contribution is 2.27. The van der Waals surface area contributed by atoms with E-state index < -0.39 is 0 Å². The Bertz CT molecular complexity index is 333. The highest BCUT2D eigenvalue weighted by Gasteiger charge is 2.22. The van der Waals surface area contributed by atoms with E-state index >= 15 is 0 Å². The zero-order chi connectivity index (χ0) is 12.1. The van der Waals surface area contributed by atoms with Crippen molar-refractivity contribution in [1.29, 1.82) is 0 Å². The number of hydrogen-bond acceptors (Lipinski definition) is 2. The standard InChI is InChI=1S/C11H15FN2.C2H6/c1-7(13)8-2-5-10(12)11(6-8)14-9-3-4-9;1-2/h2,5-7,9,14H,3-4,13H2,1H3;1-2H3. The van der Waals surface area contributed by atoms with E-state index in [1.54, 1.807) is 12.1 Å². The summed E-state index contributed by atoms with van der Waals surface area (Å²) in [5.41, 5.74) is 7.28. The summed E-state index contributed by atoms with van der Waals surface area (Å²) in [7, 11) is 0. The summed E-state index contributed by atoms with van der Waals surface area (Å²) < 4.78 is 13.3. The van der Waals surface area contributed by atoms with E-state index in [2.05, 4.69) is 5.32 Å². The molecule has 1 aliphatic carbocycles. The lowest BCUT2D eigenvalue weighted by molar-refractivity contribution is 0.628. The Balaban J connectivity index is 0.000000606. The fraction of sp³-hybridized carbons (Fsp3) is 0.538. The first kappa shape index (κ1) is 13.0. The van der Waals surface area contributed by atoms with E-state index in [0.29, 0.717) is 11.7 Å². The maximum absolute atomic E-state index is 13.3. The molecular formula is C13H21FN2. The van der Waals surface area contributed by atoms with Crippen molar-refractivity contribution < 1.29 is 4.39 Å². The molecule has 1 fully saturated rings. The molecule has 16 heavy (non-hydrogen) atoms. The smallest absolute Gasteiger partial charge is 0.146 e. The van der Waals surface area contributed by atoms with Gasteiger partial charge in [0, 0.05) is 12.1 Å². The number of hydrogen-bond donors (Lipinski definition) is 2. The lowest BCUT2D eigenvalue weighted by Crippen LogP contribution is -2.08. The molecule has 1 unspecified atom stereocenters. The van der Waals surface area contributed by atoms with Gasteiger partial charge in [-0.05, 0) is 37.5 Å². The molecule has 1 aromatic carbocycles.